The Hall–Kier alpha value is -3.47. The Morgan fingerprint density at radius 3 is 2.48 bits per heavy atom. The lowest BCUT2D eigenvalue weighted by atomic mass is 10.1. The van der Waals surface area contributed by atoms with Crippen LogP contribution in [-0.2, 0) is 13.1 Å². The molecule has 0 unspecified atom stereocenters. The van der Waals surface area contributed by atoms with Crippen LogP contribution in [0.25, 0.3) is 32.1 Å². The lowest BCUT2D eigenvalue weighted by Gasteiger charge is -2.21. The third-order valence-corrected chi connectivity index (χ3v) is 4.91. The van der Waals surface area contributed by atoms with Crippen LogP contribution in [-0.4, -0.2) is 28.0 Å². The van der Waals surface area contributed by atoms with Crippen LogP contribution in [0.3, 0.4) is 0 Å². The van der Waals surface area contributed by atoms with E-state index in [1.165, 1.54) is 5.39 Å². The molecule has 0 aliphatic heterocycles. The molecule has 0 amide bonds. The molecule has 2 aromatic heterocycles. The van der Waals surface area contributed by atoms with Crippen LogP contribution >= 0.6 is 0 Å². The number of nitrogens with zero attached hydrogens (tertiary/aromatic N) is 6. The molecule has 0 aliphatic rings. The van der Waals surface area contributed by atoms with Gasteiger partial charge in [-0.2, -0.15) is 0 Å². The van der Waals surface area contributed by atoms with Gasteiger partial charge in [0.1, 0.15) is 0 Å². The molecule has 4 rings (SSSR count). The molecular formula is C23H22N6. The maximum absolute atomic E-state index is 8.53. The molecule has 0 bridgehead atoms. The number of hydrogen-bond acceptors (Lipinski definition) is 4. The zero-order chi connectivity index (χ0) is 19.9. The molecular weight excluding hydrogens is 360 g/mol. The second-order valence-corrected chi connectivity index (χ2v) is 7.04. The van der Waals surface area contributed by atoms with E-state index in [2.05, 4.69) is 56.3 Å². The van der Waals surface area contributed by atoms with Crippen LogP contribution in [0.5, 0.6) is 0 Å². The summed E-state index contributed by atoms with van der Waals surface area (Å²) in [7, 11) is 0. The number of hydrogen-bond donors (Lipinski definition) is 0. The van der Waals surface area contributed by atoms with Gasteiger partial charge in [-0.05, 0) is 42.1 Å². The summed E-state index contributed by atoms with van der Waals surface area (Å²) in [5, 5.41) is 7.13. The molecule has 6 heteroatoms. The van der Waals surface area contributed by atoms with Gasteiger partial charge in [-0.15, -0.1) is 0 Å². The zero-order valence-electron chi connectivity index (χ0n) is 16.1. The first-order valence-corrected chi connectivity index (χ1v) is 9.73. The minimum absolute atomic E-state index is 0.489. The van der Waals surface area contributed by atoms with E-state index >= 15 is 0 Å². The molecule has 0 radical (unpaired) electrons. The second-order valence-electron chi connectivity index (χ2n) is 7.04. The summed E-state index contributed by atoms with van der Waals surface area (Å²) in [6.07, 6.45) is 2.72. The van der Waals surface area contributed by atoms with Crippen molar-refractivity contribution in [3.63, 3.8) is 0 Å². The minimum atomic E-state index is 0.489. The van der Waals surface area contributed by atoms with Crippen molar-refractivity contribution < 1.29 is 0 Å². The molecule has 0 saturated carbocycles. The molecule has 29 heavy (non-hydrogen) atoms. The van der Waals surface area contributed by atoms with Crippen LogP contribution < -0.4 is 0 Å². The summed E-state index contributed by atoms with van der Waals surface area (Å²) in [5.41, 5.74) is 11.6. The Morgan fingerprint density at radius 1 is 0.862 bits per heavy atom. The number of rotatable bonds is 8. The van der Waals surface area contributed by atoms with Gasteiger partial charge in [-0.1, -0.05) is 53.6 Å². The van der Waals surface area contributed by atoms with Crippen LogP contribution in [0.4, 0.5) is 0 Å². The Bertz CT molecular complexity index is 1080. The Balaban J connectivity index is 1.54. The first-order chi connectivity index (χ1) is 14.3. The SMILES string of the molecule is [N-]=[N+]=NCCCN(Cc1cc2ccccc2cn1)Cc1ccc2ccccc2n1. The zero-order valence-corrected chi connectivity index (χ0v) is 16.1. The molecule has 0 aliphatic carbocycles. The molecule has 6 nitrogen and oxygen atoms in total. The number of aromatic nitrogens is 2. The van der Waals surface area contributed by atoms with Crippen molar-refractivity contribution in [2.24, 2.45) is 5.11 Å². The number of benzene rings is 2. The number of para-hydroxylation sites is 1. The van der Waals surface area contributed by atoms with Crippen molar-refractivity contribution in [3.05, 3.63) is 94.8 Å². The van der Waals surface area contributed by atoms with Gasteiger partial charge in [0.05, 0.1) is 16.9 Å². The second kappa shape index (κ2) is 9.15. The molecule has 2 aromatic carbocycles. The van der Waals surface area contributed by atoms with E-state index in [4.69, 9.17) is 10.5 Å². The van der Waals surface area contributed by atoms with E-state index in [0.717, 1.165) is 53.7 Å². The van der Waals surface area contributed by atoms with Crippen molar-refractivity contribution in [3.8, 4) is 0 Å². The van der Waals surface area contributed by atoms with Gasteiger partial charge in [-0.25, -0.2) is 0 Å². The third-order valence-electron chi connectivity index (χ3n) is 4.91. The van der Waals surface area contributed by atoms with Gasteiger partial charge >= 0.3 is 0 Å². The largest absolute Gasteiger partial charge is 0.292 e. The highest BCUT2D eigenvalue weighted by Crippen LogP contribution is 2.17. The van der Waals surface area contributed by atoms with Crippen molar-refractivity contribution in [2.75, 3.05) is 13.1 Å². The van der Waals surface area contributed by atoms with Crippen molar-refractivity contribution >= 4 is 21.7 Å². The Kier molecular flexibility index (Phi) is 5.95. The van der Waals surface area contributed by atoms with E-state index in [1.54, 1.807) is 0 Å². The lowest BCUT2D eigenvalue weighted by Crippen LogP contribution is -2.25. The van der Waals surface area contributed by atoms with Crippen molar-refractivity contribution in [2.45, 2.75) is 19.5 Å². The predicted octanol–water partition coefficient (Wildman–Crippen LogP) is 5.49. The van der Waals surface area contributed by atoms with Gasteiger partial charge < -0.3 is 0 Å². The molecule has 0 saturated heterocycles. The lowest BCUT2D eigenvalue weighted by molar-refractivity contribution is 0.249. The predicted molar refractivity (Wildman–Crippen MR) is 116 cm³/mol. The Labute approximate surface area is 169 Å². The van der Waals surface area contributed by atoms with Crippen LogP contribution in [0.2, 0.25) is 0 Å². The van der Waals surface area contributed by atoms with E-state index < -0.39 is 0 Å². The molecule has 0 N–H and O–H groups in total. The summed E-state index contributed by atoms with van der Waals surface area (Å²) in [6, 6.07) is 22.7. The summed E-state index contributed by atoms with van der Waals surface area (Å²) in [5.74, 6) is 0. The van der Waals surface area contributed by atoms with Crippen molar-refractivity contribution in [1.29, 1.82) is 0 Å². The van der Waals surface area contributed by atoms with Gasteiger partial charge in [0.15, 0.2) is 0 Å². The fourth-order valence-electron chi connectivity index (χ4n) is 3.49. The molecule has 0 spiro atoms. The summed E-state index contributed by atoms with van der Waals surface area (Å²) >= 11 is 0. The normalized spacial score (nSPS) is 11.1. The van der Waals surface area contributed by atoms with Crippen LogP contribution in [0.1, 0.15) is 17.8 Å². The highest BCUT2D eigenvalue weighted by atomic mass is 15.2. The first-order valence-electron chi connectivity index (χ1n) is 9.73. The topological polar surface area (TPSA) is 77.8 Å². The molecule has 2 heterocycles. The van der Waals surface area contributed by atoms with Gasteiger partial charge in [0.25, 0.3) is 0 Å². The maximum Gasteiger partial charge on any atom is 0.0705 e. The minimum Gasteiger partial charge on any atom is -0.292 e. The first kappa shape index (κ1) is 18.9. The average molecular weight is 382 g/mol. The van der Waals surface area contributed by atoms with E-state index in [9.17, 15) is 0 Å². The quantitative estimate of drug-likeness (QED) is 0.175. The highest BCUT2D eigenvalue weighted by Gasteiger charge is 2.10. The third kappa shape index (κ3) is 4.88. The van der Waals surface area contributed by atoms with E-state index in [-0.39, 0.29) is 0 Å². The highest BCUT2D eigenvalue weighted by molar-refractivity contribution is 5.81. The summed E-state index contributed by atoms with van der Waals surface area (Å²) in [6.45, 7) is 2.73. The van der Waals surface area contributed by atoms with Crippen molar-refractivity contribution in [1.82, 2.24) is 14.9 Å². The van der Waals surface area contributed by atoms with Gasteiger partial charge in [-0.3, -0.25) is 14.9 Å². The monoisotopic (exact) mass is 382 g/mol. The number of azide groups is 1. The molecule has 0 fully saturated rings. The summed E-state index contributed by atoms with van der Waals surface area (Å²) in [4.78, 5) is 14.6. The van der Waals surface area contributed by atoms with Gasteiger partial charge in [0, 0.05) is 41.5 Å². The average Bonchev–Trinajstić information content (AvgIpc) is 2.76. The molecule has 4 aromatic rings. The van der Waals surface area contributed by atoms with E-state index in [1.807, 2.05) is 36.5 Å². The smallest absolute Gasteiger partial charge is 0.0705 e. The Morgan fingerprint density at radius 2 is 1.62 bits per heavy atom. The standard InChI is InChI=1S/C23H22N6/c24-28-26-12-5-13-29(16-21-11-10-18-6-3-4-9-23(18)27-21)17-22-14-19-7-1-2-8-20(19)15-25-22/h1-4,6-11,14-15H,5,12-13,16-17H2. The van der Waals surface area contributed by atoms with Crippen LogP contribution in [0.15, 0.2) is 78.0 Å². The maximum atomic E-state index is 8.53. The molecule has 144 valence electrons. The fraction of sp³-hybridized carbons (Fsp3) is 0.217. The summed E-state index contributed by atoms with van der Waals surface area (Å²) < 4.78 is 0. The van der Waals surface area contributed by atoms with E-state index in [0.29, 0.717) is 6.54 Å². The van der Waals surface area contributed by atoms with Gasteiger partial charge in [0.2, 0.25) is 0 Å². The fourth-order valence-corrected chi connectivity index (χ4v) is 3.49. The molecule has 0 atom stereocenters. The number of fused-ring (bicyclic) bond motifs is 2. The van der Waals surface area contributed by atoms with Crippen LogP contribution in [0, 0.1) is 0 Å². The number of pyridine rings is 2.